The zero-order valence-electron chi connectivity index (χ0n) is 19.5. The van der Waals surface area contributed by atoms with Gasteiger partial charge in [0.2, 0.25) is 5.91 Å². The average molecular weight is 491 g/mol. The number of halogens is 3. The summed E-state index contributed by atoms with van der Waals surface area (Å²) >= 11 is 0. The Morgan fingerprint density at radius 3 is 2.54 bits per heavy atom. The summed E-state index contributed by atoms with van der Waals surface area (Å²) in [5, 5.41) is 13.4. The molecule has 3 aliphatic rings. The molecule has 1 unspecified atom stereocenters. The number of hydrogen-bond donors (Lipinski definition) is 2. The SMILES string of the molecule is Cc1nc(-c2ccc(C(F)(F)F)cc2)cc([C@H]2C[NH+]3CC[C@H]2C[C@@H]3CNC(=O)CCCC(=O)[O-])n1. The van der Waals surface area contributed by atoms with E-state index < -0.39 is 17.7 Å². The van der Waals surface area contributed by atoms with Crippen LogP contribution in [-0.4, -0.2) is 47.5 Å². The number of carbonyl (C=O) groups excluding carboxylic acids is 2. The number of carboxylic acid groups (broad SMARTS) is 1. The predicted molar refractivity (Wildman–Crippen MR) is 119 cm³/mol. The lowest BCUT2D eigenvalue weighted by atomic mass is 9.74. The van der Waals surface area contributed by atoms with Crippen LogP contribution >= 0.6 is 0 Å². The first-order valence-electron chi connectivity index (χ1n) is 11.9. The maximum Gasteiger partial charge on any atom is 0.416 e. The van der Waals surface area contributed by atoms with E-state index in [1.54, 1.807) is 6.92 Å². The van der Waals surface area contributed by atoms with Gasteiger partial charge in [0.15, 0.2) is 0 Å². The van der Waals surface area contributed by atoms with Gasteiger partial charge in [-0.1, -0.05) is 12.1 Å². The van der Waals surface area contributed by atoms with Gasteiger partial charge in [0, 0.05) is 30.8 Å². The van der Waals surface area contributed by atoms with E-state index in [4.69, 9.17) is 0 Å². The fourth-order valence-corrected chi connectivity index (χ4v) is 5.36. The lowest BCUT2D eigenvalue weighted by Gasteiger charge is -2.46. The van der Waals surface area contributed by atoms with Crippen molar-refractivity contribution in [2.24, 2.45) is 5.92 Å². The van der Waals surface area contributed by atoms with Crippen LogP contribution in [-0.2, 0) is 15.8 Å². The Bertz CT molecular complexity index is 1070. The Labute approximate surface area is 201 Å². The second kappa shape index (κ2) is 10.3. The van der Waals surface area contributed by atoms with Crippen LogP contribution in [0.3, 0.4) is 0 Å². The quantitative estimate of drug-likeness (QED) is 0.581. The number of rotatable bonds is 8. The molecule has 3 aliphatic heterocycles. The van der Waals surface area contributed by atoms with Crippen molar-refractivity contribution in [1.82, 2.24) is 15.3 Å². The molecule has 3 saturated heterocycles. The van der Waals surface area contributed by atoms with Gasteiger partial charge in [-0.05, 0) is 43.9 Å². The van der Waals surface area contributed by atoms with Crippen molar-refractivity contribution < 1.29 is 32.8 Å². The number of hydrogen-bond acceptors (Lipinski definition) is 5. The van der Waals surface area contributed by atoms with E-state index in [-0.39, 0.29) is 31.1 Å². The smallest absolute Gasteiger partial charge is 0.416 e. The molecule has 4 atom stereocenters. The van der Waals surface area contributed by atoms with Crippen LogP contribution in [0.15, 0.2) is 30.3 Å². The number of fused-ring (bicyclic) bond motifs is 3. The molecule has 0 aliphatic carbocycles. The summed E-state index contributed by atoms with van der Waals surface area (Å²) < 4.78 is 38.8. The highest BCUT2D eigenvalue weighted by Crippen LogP contribution is 2.35. The number of piperidine rings is 3. The Hall–Kier alpha value is -3.01. The van der Waals surface area contributed by atoms with Crippen molar-refractivity contribution in [1.29, 1.82) is 0 Å². The largest absolute Gasteiger partial charge is 0.550 e. The number of carbonyl (C=O) groups is 2. The minimum atomic E-state index is -4.38. The van der Waals surface area contributed by atoms with Crippen LogP contribution in [0.5, 0.6) is 0 Å². The Morgan fingerprint density at radius 1 is 1.17 bits per heavy atom. The second-order valence-electron chi connectivity index (χ2n) is 9.53. The third-order valence-corrected chi connectivity index (χ3v) is 7.13. The van der Waals surface area contributed by atoms with Crippen molar-refractivity contribution in [3.8, 4) is 11.3 Å². The van der Waals surface area contributed by atoms with Crippen LogP contribution in [0.2, 0.25) is 0 Å². The number of aryl methyl sites for hydroxylation is 1. The number of amides is 1. The van der Waals surface area contributed by atoms with Gasteiger partial charge in [-0.2, -0.15) is 13.2 Å². The molecule has 2 N–H and O–H groups in total. The van der Waals surface area contributed by atoms with Crippen LogP contribution in [0, 0.1) is 12.8 Å². The van der Waals surface area contributed by atoms with Crippen LogP contribution < -0.4 is 15.3 Å². The topological polar surface area (TPSA) is 99.5 Å². The van der Waals surface area contributed by atoms with Gasteiger partial charge in [-0.25, -0.2) is 9.97 Å². The molecule has 1 aromatic heterocycles. The summed E-state index contributed by atoms with van der Waals surface area (Å²) in [6, 6.07) is 7.23. The molecule has 5 rings (SSSR count). The first-order chi connectivity index (χ1) is 16.6. The maximum absolute atomic E-state index is 12.9. The molecular formula is C25H29F3N4O3. The molecule has 1 aromatic carbocycles. The minimum absolute atomic E-state index is 0.120. The Balaban J connectivity index is 1.41. The number of nitrogens with zero attached hydrogens (tertiary/aromatic N) is 2. The summed E-state index contributed by atoms with van der Waals surface area (Å²) in [5.41, 5.74) is 1.47. The monoisotopic (exact) mass is 490 g/mol. The van der Waals surface area contributed by atoms with Crippen molar-refractivity contribution in [2.45, 2.75) is 57.2 Å². The van der Waals surface area contributed by atoms with E-state index in [0.29, 0.717) is 35.6 Å². The second-order valence-corrected chi connectivity index (χ2v) is 9.53. The third kappa shape index (κ3) is 6.17. The van der Waals surface area contributed by atoms with Crippen LogP contribution in [0.1, 0.15) is 55.1 Å². The van der Waals surface area contributed by atoms with E-state index in [1.807, 2.05) is 6.07 Å². The summed E-state index contributed by atoms with van der Waals surface area (Å²) in [4.78, 5) is 33.1. The number of quaternary nitrogens is 1. The first kappa shape index (κ1) is 25.1. The third-order valence-electron chi connectivity index (χ3n) is 7.13. The van der Waals surface area contributed by atoms with Gasteiger partial charge in [-0.15, -0.1) is 0 Å². The molecule has 0 radical (unpaired) electrons. The number of carboxylic acids is 1. The first-order valence-corrected chi connectivity index (χ1v) is 11.9. The highest BCUT2D eigenvalue weighted by atomic mass is 19.4. The molecule has 1 amide bonds. The molecule has 7 nitrogen and oxygen atoms in total. The zero-order valence-corrected chi connectivity index (χ0v) is 19.5. The van der Waals surface area contributed by atoms with Crippen molar-refractivity contribution in [3.63, 3.8) is 0 Å². The highest BCUT2D eigenvalue weighted by Gasteiger charge is 2.44. The Morgan fingerprint density at radius 2 is 1.91 bits per heavy atom. The molecule has 35 heavy (non-hydrogen) atoms. The lowest BCUT2D eigenvalue weighted by Crippen LogP contribution is -3.20. The highest BCUT2D eigenvalue weighted by molar-refractivity contribution is 5.76. The van der Waals surface area contributed by atoms with E-state index in [0.717, 1.165) is 43.8 Å². The molecule has 2 aromatic rings. The minimum Gasteiger partial charge on any atom is -0.550 e. The van der Waals surface area contributed by atoms with Gasteiger partial charge in [0.1, 0.15) is 11.9 Å². The summed E-state index contributed by atoms with van der Waals surface area (Å²) in [6.45, 7) is 4.24. The van der Waals surface area contributed by atoms with Gasteiger partial charge in [0.05, 0.1) is 42.5 Å². The van der Waals surface area contributed by atoms with E-state index in [9.17, 15) is 27.9 Å². The van der Waals surface area contributed by atoms with Crippen molar-refractivity contribution in [2.75, 3.05) is 19.6 Å². The number of benzene rings is 1. The lowest BCUT2D eigenvalue weighted by molar-refractivity contribution is -0.942. The molecule has 0 spiro atoms. The van der Waals surface area contributed by atoms with Gasteiger partial charge < -0.3 is 20.1 Å². The number of aliphatic carboxylic acids is 1. The zero-order chi connectivity index (χ0) is 25.2. The molecule has 2 bridgehead atoms. The van der Waals surface area contributed by atoms with Crippen molar-refractivity contribution in [3.05, 3.63) is 47.4 Å². The van der Waals surface area contributed by atoms with E-state index in [2.05, 4.69) is 15.3 Å². The standard InChI is InChI=1S/C25H29F3N4O3/c1-15-30-21(16-5-7-18(8-6-16)25(26,27)28)12-22(31-15)20-14-32-10-9-17(20)11-19(32)13-29-23(33)3-2-4-24(34)35/h5-8,12,17,19-20H,2-4,9-11,13-14H2,1H3,(H,29,33)(H,34,35)/t17-,19+,20-/m0/s1. The van der Waals surface area contributed by atoms with E-state index in [1.165, 1.54) is 17.0 Å². The number of nitrogens with one attached hydrogen (secondary N) is 2. The van der Waals surface area contributed by atoms with Crippen LogP contribution in [0.4, 0.5) is 13.2 Å². The molecular weight excluding hydrogens is 461 g/mol. The molecule has 3 fully saturated rings. The normalized spacial score (nSPS) is 23.8. The predicted octanol–water partition coefficient (Wildman–Crippen LogP) is 1.27. The number of alkyl halides is 3. The molecule has 188 valence electrons. The molecule has 0 saturated carbocycles. The summed E-state index contributed by atoms with van der Waals surface area (Å²) in [6.07, 6.45) is -2.06. The molecule has 4 heterocycles. The van der Waals surface area contributed by atoms with Crippen LogP contribution in [0.25, 0.3) is 11.3 Å². The summed E-state index contributed by atoms with van der Waals surface area (Å²) in [5.74, 6) is -0.0713. The van der Waals surface area contributed by atoms with Gasteiger partial charge in [-0.3, -0.25) is 4.79 Å². The average Bonchev–Trinajstić information content (AvgIpc) is 2.82. The van der Waals surface area contributed by atoms with E-state index >= 15 is 0 Å². The fraction of sp³-hybridized carbons (Fsp3) is 0.520. The van der Waals surface area contributed by atoms with Gasteiger partial charge >= 0.3 is 6.18 Å². The maximum atomic E-state index is 12.9. The summed E-state index contributed by atoms with van der Waals surface area (Å²) in [7, 11) is 0. The fourth-order valence-electron chi connectivity index (χ4n) is 5.36. The number of aromatic nitrogens is 2. The Kier molecular flexibility index (Phi) is 7.39. The molecule has 10 heteroatoms. The van der Waals surface area contributed by atoms with Gasteiger partial charge in [0.25, 0.3) is 0 Å². The van der Waals surface area contributed by atoms with Crippen molar-refractivity contribution >= 4 is 11.9 Å².